The van der Waals surface area contributed by atoms with Crippen molar-refractivity contribution in [2.24, 2.45) is 0 Å². The van der Waals surface area contributed by atoms with Crippen LogP contribution in [0, 0.1) is 10.1 Å². The van der Waals surface area contributed by atoms with E-state index in [4.69, 9.17) is 0 Å². The molecule has 1 aromatic rings. The first-order valence-electron chi connectivity index (χ1n) is 6.68. The molecule has 110 valence electrons. The number of carbonyl (C=O) groups excluding carboxylic acids is 1. The maximum Gasteiger partial charge on any atom is 0.404 e. The van der Waals surface area contributed by atoms with Gasteiger partial charge >= 0.3 is 5.82 Å². The van der Waals surface area contributed by atoms with Crippen molar-refractivity contribution >= 4 is 27.7 Å². The number of nitrogens with zero attached hydrogens (tertiary/aromatic N) is 4. The van der Waals surface area contributed by atoms with Crippen molar-refractivity contribution in [3.8, 4) is 0 Å². The minimum Gasteiger partial charge on any atom is -0.358 e. The van der Waals surface area contributed by atoms with Gasteiger partial charge in [0.25, 0.3) is 0 Å². The van der Waals surface area contributed by atoms with Gasteiger partial charge in [-0.1, -0.05) is 12.8 Å². The third kappa shape index (κ3) is 3.17. The van der Waals surface area contributed by atoms with E-state index < -0.39 is 11.0 Å². The van der Waals surface area contributed by atoms with E-state index in [0.717, 1.165) is 38.8 Å². The first-order chi connectivity index (χ1) is 9.50. The SMILES string of the molecule is CC(C(=O)N1CCCCCC1)n1cc(Br)c([N+](=O)[O-])n1. The number of halogens is 1. The van der Waals surface area contributed by atoms with Crippen LogP contribution in [0.3, 0.4) is 0 Å². The van der Waals surface area contributed by atoms with Gasteiger partial charge in [0.1, 0.15) is 10.5 Å². The number of aromatic nitrogens is 2. The van der Waals surface area contributed by atoms with Gasteiger partial charge in [-0.05, 0) is 40.6 Å². The van der Waals surface area contributed by atoms with Crippen molar-refractivity contribution in [2.45, 2.75) is 38.6 Å². The van der Waals surface area contributed by atoms with Crippen LogP contribution >= 0.6 is 15.9 Å². The van der Waals surface area contributed by atoms with Gasteiger partial charge in [0, 0.05) is 13.1 Å². The Bertz CT molecular complexity index is 509. The minimum absolute atomic E-state index is 0.0307. The molecule has 20 heavy (non-hydrogen) atoms. The van der Waals surface area contributed by atoms with E-state index in [1.165, 1.54) is 10.9 Å². The zero-order valence-corrected chi connectivity index (χ0v) is 12.9. The molecule has 7 nitrogen and oxygen atoms in total. The van der Waals surface area contributed by atoms with Crippen molar-refractivity contribution in [1.82, 2.24) is 14.7 Å². The summed E-state index contributed by atoms with van der Waals surface area (Å²) in [6.07, 6.45) is 5.81. The molecule has 0 saturated carbocycles. The second-order valence-electron chi connectivity index (χ2n) is 4.95. The number of carbonyl (C=O) groups is 1. The smallest absolute Gasteiger partial charge is 0.358 e. The molecule has 2 rings (SSSR count). The fraction of sp³-hybridized carbons (Fsp3) is 0.667. The summed E-state index contributed by atoms with van der Waals surface area (Å²) in [7, 11) is 0. The minimum atomic E-state index is -0.566. The van der Waals surface area contributed by atoms with E-state index in [0.29, 0.717) is 0 Å². The second-order valence-corrected chi connectivity index (χ2v) is 5.81. The Hall–Kier alpha value is -1.44. The maximum atomic E-state index is 12.4. The molecule has 1 fully saturated rings. The fourth-order valence-corrected chi connectivity index (χ4v) is 2.78. The zero-order valence-electron chi connectivity index (χ0n) is 11.3. The summed E-state index contributed by atoms with van der Waals surface area (Å²) in [5, 5.41) is 14.7. The highest BCUT2D eigenvalue weighted by Crippen LogP contribution is 2.25. The largest absolute Gasteiger partial charge is 0.404 e. The predicted molar refractivity (Wildman–Crippen MR) is 76.3 cm³/mol. The molecule has 0 aromatic carbocycles. The molecule has 1 amide bonds. The van der Waals surface area contributed by atoms with Gasteiger partial charge < -0.3 is 15.0 Å². The second kappa shape index (κ2) is 6.34. The number of nitro groups is 1. The Balaban J connectivity index is 2.13. The molecular weight excluding hydrogens is 328 g/mol. The van der Waals surface area contributed by atoms with E-state index >= 15 is 0 Å². The van der Waals surface area contributed by atoms with E-state index in [1.54, 1.807) is 6.92 Å². The highest BCUT2D eigenvalue weighted by atomic mass is 79.9. The lowest BCUT2D eigenvalue weighted by Crippen LogP contribution is -2.37. The van der Waals surface area contributed by atoms with Crippen molar-refractivity contribution in [3.63, 3.8) is 0 Å². The summed E-state index contributed by atoms with van der Waals surface area (Å²) in [6.45, 7) is 3.23. The molecule has 2 heterocycles. The number of hydrogen-bond donors (Lipinski definition) is 0. The highest BCUT2D eigenvalue weighted by Gasteiger charge is 2.28. The lowest BCUT2D eigenvalue weighted by Gasteiger charge is -2.23. The Morgan fingerprint density at radius 3 is 2.50 bits per heavy atom. The van der Waals surface area contributed by atoms with Crippen LogP contribution in [0.25, 0.3) is 0 Å². The summed E-state index contributed by atoms with van der Waals surface area (Å²) >= 11 is 3.09. The van der Waals surface area contributed by atoms with Crippen molar-refractivity contribution in [1.29, 1.82) is 0 Å². The number of hydrogen-bond acceptors (Lipinski definition) is 4. The molecule has 1 atom stereocenters. The molecule has 0 bridgehead atoms. The molecule has 1 aliphatic heterocycles. The summed E-state index contributed by atoms with van der Waals surface area (Å²) in [4.78, 5) is 24.5. The number of likely N-dealkylation sites (tertiary alicyclic amines) is 1. The average Bonchev–Trinajstić information content (AvgIpc) is 2.64. The quantitative estimate of drug-likeness (QED) is 0.623. The van der Waals surface area contributed by atoms with E-state index in [9.17, 15) is 14.9 Å². The summed E-state index contributed by atoms with van der Waals surface area (Å²) in [6, 6.07) is -0.530. The van der Waals surface area contributed by atoms with Gasteiger partial charge in [-0.15, -0.1) is 0 Å². The first-order valence-corrected chi connectivity index (χ1v) is 7.48. The van der Waals surface area contributed by atoms with Gasteiger partial charge in [-0.2, -0.15) is 4.68 Å². The Labute approximate surface area is 125 Å². The van der Waals surface area contributed by atoms with E-state index in [2.05, 4.69) is 21.0 Å². The molecule has 1 aromatic heterocycles. The third-order valence-corrected chi connectivity index (χ3v) is 4.07. The molecule has 1 aliphatic rings. The Morgan fingerprint density at radius 1 is 1.40 bits per heavy atom. The first kappa shape index (κ1) is 15.0. The molecule has 8 heteroatoms. The third-order valence-electron chi connectivity index (χ3n) is 3.51. The Morgan fingerprint density at radius 2 is 2.00 bits per heavy atom. The topological polar surface area (TPSA) is 81.3 Å². The summed E-state index contributed by atoms with van der Waals surface area (Å²) in [5.41, 5.74) is 0. The molecule has 0 radical (unpaired) electrons. The molecule has 1 unspecified atom stereocenters. The summed E-state index contributed by atoms with van der Waals surface area (Å²) < 4.78 is 1.65. The van der Waals surface area contributed by atoms with E-state index in [1.807, 2.05) is 4.90 Å². The van der Waals surface area contributed by atoms with Crippen LogP contribution in [-0.4, -0.2) is 38.6 Å². The van der Waals surface area contributed by atoms with Crippen LogP contribution in [0.2, 0.25) is 0 Å². The van der Waals surface area contributed by atoms with Crippen LogP contribution in [-0.2, 0) is 4.79 Å². The lowest BCUT2D eigenvalue weighted by atomic mass is 10.2. The molecule has 0 spiro atoms. The van der Waals surface area contributed by atoms with Crippen LogP contribution < -0.4 is 0 Å². The van der Waals surface area contributed by atoms with Crippen molar-refractivity contribution in [3.05, 3.63) is 20.8 Å². The lowest BCUT2D eigenvalue weighted by molar-refractivity contribution is -0.390. The number of amides is 1. The maximum absolute atomic E-state index is 12.4. The van der Waals surface area contributed by atoms with Gasteiger partial charge in [-0.25, -0.2) is 0 Å². The van der Waals surface area contributed by atoms with Crippen LogP contribution in [0.4, 0.5) is 5.82 Å². The number of rotatable bonds is 3. The van der Waals surface area contributed by atoms with E-state index in [-0.39, 0.29) is 16.2 Å². The van der Waals surface area contributed by atoms with Crippen LogP contribution in [0.15, 0.2) is 10.7 Å². The predicted octanol–water partition coefficient (Wildman–Crippen LogP) is 2.52. The fourth-order valence-electron chi connectivity index (χ4n) is 2.35. The van der Waals surface area contributed by atoms with Crippen LogP contribution in [0.1, 0.15) is 38.6 Å². The van der Waals surface area contributed by atoms with Gasteiger partial charge in [0.2, 0.25) is 5.91 Å². The average molecular weight is 345 g/mol. The molecular formula is C12H17BrN4O3. The van der Waals surface area contributed by atoms with Gasteiger partial charge in [0.15, 0.2) is 0 Å². The molecule has 1 saturated heterocycles. The molecule has 0 aliphatic carbocycles. The monoisotopic (exact) mass is 344 g/mol. The highest BCUT2D eigenvalue weighted by molar-refractivity contribution is 9.10. The summed E-state index contributed by atoms with van der Waals surface area (Å²) in [5.74, 6) is -0.294. The van der Waals surface area contributed by atoms with Gasteiger partial charge in [0.05, 0.1) is 11.3 Å². The van der Waals surface area contributed by atoms with Gasteiger partial charge in [-0.3, -0.25) is 4.79 Å². The standard InChI is InChI=1S/C12H17BrN4O3/c1-9(12(18)15-6-4-2-3-5-7-15)16-8-10(13)11(14-16)17(19)20/h8-9H,2-7H2,1H3. The van der Waals surface area contributed by atoms with Crippen LogP contribution in [0.5, 0.6) is 0 Å². The Kier molecular flexibility index (Phi) is 4.74. The normalized spacial score (nSPS) is 17.6. The van der Waals surface area contributed by atoms with Crippen molar-refractivity contribution in [2.75, 3.05) is 13.1 Å². The van der Waals surface area contributed by atoms with Crippen molar-refractivity contribution < 1.29 is 9.72 Å². The zero-order chi connectivity index (χ0) is 14.7. The molecule has 0 N–H and O–H groups in total.